The van der Waals surface area contributed by atoms with Gasteiger partial charge >= 0.3 is 0 Å². The maximum absolute atomic E-state index is 12.1. The molecule has 2 saturated heterocycles. The van der Waals surface area contributed by atoms with Crippen LogP contribution < -0.4 is 0 Å². The fraction of sp³-hybridized carbons (Fsp3) is 0.556. The van der Waals surface area contributed by atoms with E-state index in [2.05, 4.69) is 4.99 Å². The smallest absolute Gasteiger partial charge is 0.248 e. The predicted molar refractivity (Wildman–Crippen MR) is 103 cm³/mol. The van der Waals surface area contributed by atoms with Crippen molar-refractivity contribution in [1.82, 2.24) is 4.90 Å². The van der Waals surface area contributed by atoms with Crippen LogP contribution in [0, 0.1) is 6.92 Å². The second-order valence-corrected chi connectivity index (χ2v) is 10.2. The number of benzene rings is 1. The number of rotatable bonds is 5. The van der Waals surface area contributed by atoms with Crippen LogP contribution in [0.25, 0.3) is 0 Å². The minimum Gasteiger partial charge on any atom is -0.342 e. The lowest BCUT2D eigenvalue weighted by molar-refractivity contribution is -0.117. The number of hydrogen-bond acceptors (Lipinski definition) is 4. The number of aryl methyl sites for hydroxylation is 1. The molecule has 25 heavy (non-hydrogen) atoms. The van der Waals surface area contributed by atoms with Gasteiger partial charge in [-0.25, -0.2) is 8.42 Å². The molecule has 2 aliphatic heterocycles. The molecule has 5 nitrogen and oxygen atoms in total. The lowest BCUT2D eigenvalue weighted by atomic mass is 10.1. The van der Waals surface area contributed by atoms with Crippen LogP contribution in [0.5, 0.6) is 0 Å². The van der Waals surface area contributed by atoms with Crippen molar-refractivity contribution in [3.63, 3.8) is 0 Å². The van der Waals surface area contributed by atoms with Crippen molar-refractivity contribution in [2.75, 3.05) is 11.5 Å². The van der Waals surface area contributed by atoms with E-state index in [9.17, 15) is 13.2 Å². The Morgan fingerprint density at radius 1 is 1.28 bits per heavy atom. The Kier molecular flexibility index (Phi) is 5.53. The van der Waals surface area contributed by atoms with Gasteiger partial charge in [-0.2, -0.15) is 4.99 Å². The predicted octanol–water partition coefficient (Wildman–Crippen LogP) is 2.78. The Morgan fingerprint density at radius 3 is 2.68 bits per heavy atom. The van der Waals surface area contributed by atoms with Crippen LogP contribution in [-0.4, -0.2) is 47.2 Å². The van der Waals surface area contributed by atoms with E-state index in [1.807, 2.05) is 43.0 Å². The normalized spacial score (nSPS) is 26.2. The average molecular weight is 381 g/mol. The first-order valence-corrected chi connectivity index (χ1v) is 11.4. The molecule has 0 radical (unpaired) electrons. The molecule has 0 aromatic heterocycles. The number of amidine groups is 1. The lowest BCUT2D eigenvalue weighted by Crippen LogP contribution is -2.37. The van der Waals surface area contributed by atoms with Gasteiger partial charge in [-0.1, -0.05) is 54.9 Å². The van der Waals surface area contributed by atoms with E-state index in [0.717, 1.165) is 18.4 Å². The highest BCUT2D eigenvalue weighted by Gasteiger charge is 2.48. The zero-order valence-electron chi connectivity index (χ0n) is 14.6. The Bertz CT molecular complexity index is 772. The SMILES string of the molecule is CCCCC(=O)N=C1S[C@H]2CS(=O)(=O)C[C@@H]2N1Cc1ccc(C)cc1. The molecule has 1 amide bonds. The molecule has 0 saturated carbocycles. The quantitative estimate of drug-likeness (QED) is 0.786. The van der Waals surface area contributed by atoms with E-state index in [4.69, 9.17) is 0 Å². The molecule has 2 atom stereocenters. The number of carbonyl (C=O) groups excluding carboxylic acids is 1. The van der Waals surface area contributed by atoms with Crippen LogP contribution in [0.15, 0.2) is 29.3 Å². The third-order valence-electron chi connectivity index (χ3n) is 4.61. The molecule has 136 valence electrons. The molecule has 3 rings (SSSR count). The highest BCUT2D eigenvalue weighted by molar-refractivity contribution is 8.15. The van der Waals surface area contributed by atoms with E-state index < -0.39 is 9.84 Å². The maximum Gasteiger partial charge on any atom is 0.248 e. The minimum atomic E-state index is -3.01. The largest absolute Gasteiger partial charge is 0.342 e. The molecule has 2 heterocycles. The van der Waals surface area contributed by atoms with Gasteiger partial charge < -0.3 is 4.90 Å². The van der Waals surface area contributed by atoms with Crippen molar-refractivity contribution >= 4 is 32.7 Å². The first-order chi connectivity index (χ1) is 11.9. The number of nitrogens with zero attached hydrogens (tertiary/aromatic N) is 2. The van der Waals surface area contributed by atoms with Crippen LogP contribution in [0.4, 0.5) is 0 Å². The molecule has 7 heteroatoms. The zero-order valence-corrected chi connectivity index (χ0v) is 16.3. The summed E-state index contributed by atoms with van der Waals surface area (Å²) in [6.07, 6.45) is 2.24. The third-order valence-corrected chi connectivity index (χ3v) is 7.86. The van der Waals surface area contributed by atoms with E-state index in [0.29, 0.717) is 18.1 Å². The first kappa shape index (κ1) is 18.5. The summed E-state index contributed by atoms with van der Waals surface area (Å²) in [6.45, 7) is 4.67. The molecule has 2 fully saturated rings. The van der Waals surface area contributed by atoms with Gasteiger partial charge in [0.05, 0.1) is 17.5 Å². The summed E-state index contributed by atoms with van der Waals surface area (Å²) in [5.74, 6) is 0.217. The summed E-state index contributed by atoms with van der Waals surface area (Å²) in [5.41, 5.74) is 2.29. The number of aliphatic imine (C=N–C) groups is 1. The van der Waals surface area contributed by atoms with Gasteiger partial charge in [0.1, 0.15) is 0 Å². The molecule has 0 aliphatic carbocycles. The molecule has 2 aliphatic rings. The molecule has 1 aromatic rings. The average Bonchev–Trinajstić information content (AvgIpc) is 3.00. The summed E-state index contributed by atoms with van der Waals surface area (Å²) >= 11 is 1.45. The number of sulfone groups is 1. The van der Waals surface area contributed by atoms with Gasteiger partial charge in [-0.3, -0.25) is 4.79 Å². The number of carbonyl (C=O) groups is 1. The Morgan fingerprint density at radius 2 is 2.00 bits per heavy atom. The van der Waals surface area contributed by atoms with Gasteiger partial charge in [0, 0.05) is 18.2 Å². The van der Waals surface area contributed by atoms with Gasteiger partial charge in [-0.05, 0) is 18.9 Å². The second kappa shape index (κ2) is 7.50. The van der Waals surface area contributed by atoms with Crippen LogP contribution in [-0.2, 0) is 21.2 Å². The molecule has 0 spiro atoms. The fourth-order valence-corrected chi connectivity index (χ4v) is 7.17. The van der Waals surface area contributed by atoms with Gasteiger partial charge in [-0.15, -0.1) is 0 Å². The lowest BCUT2D eigenvalue weighted by Gasteiger charge is -2.24. The highest BCUT2D eigenvalue weighted by Crippen LogP contribution is 2.39. The van der Waals surface area contributed by atoms with E-state index in [1.54, 1.807) is 0 Å². The molecular formula is C18H24N2O3S2. The minimum absolute atomic E-state index is 0.0202. The van der Waals surface area contributed by atoms with Gasteiger partial charge in [0.15, 0.2) is 15.0 Å². The van der Waals surface area contributed by atoms with Gasteiger partial charge in [0.2, 0.25) is 5.91 Å². The Balaban J connectivity index is 1.83. The number of thioether (sulfide) groups is 1. The summed E-state index contributed by atoms with van der Waals surface area (Å²) in [4.78, 5) is 18.4. The van der Waals surface area contributed by atoms with Crippen molar-refractivity contribution < 1.29 is 13.2 Å². The van der Waals surface area contributed by atoms with Crippen LogP contribution in [0.3, 0.4) is 0 Å². The maximum atomic E-state index is 12.1. The number of unbranched alkanes of at least 4 members (excludes halogenated alkanes) is 1. The monoisotopic (exact) mass is 380 g/mol. The highest BCUT2D eigenvalue weighted by atomic mass is 32.2. The molecule has 1 aromatic carbocycles. The summed E-state index contributed by atoms with van der Waals surface area (Å²) in [6, 6.07) is 8.10. The van der Waals surface area contributed by atoms with Gasteiger partial charge in [0.25, 0.3) is 0 Å². The Labute approximate surface area is 153 Å². The Hall–Kier alpha value is -1.34. The fourth-order valence-electron chi connectivity index (χ4n) is 3.20. The zero-order chi connectivity index (χ0) is 18.0. The summed E-state index contributed by atoms with van der Waals surface area (Å²) in [7, 11) is -3.01. The number of amides is 1. The van der Waals surface area contributed by atoms with Crippen LogP contribution in [0.2, 0.25) is 0 Å². The number of hydrogen-bond donors (Lipinski definition) is 0. The van der Waals surface area contributed by atoms with Crippen molar-refractivity contribution in [1.29, 1.82) is 0 Å². The topological polar surface area (TPSA) is 66.8 Å². The van der Waals surface area contributed by atoms with Crippen molar-refractivity contribution in [2.24, 2.45) is 4.99 Å². The summed E-state index contributed by atoms with van der Waals surface area (Å²) < 4.78 is 24.0. The molecule has 0 bridgehead atoms. The van der Waals surface area contributed by atoms with Crippen molar-refractivity contribution in [3.05, 3.63) is 35.4 Å². The number of fused-ring (bicyclic) bond motifs is 1. The van der Waals surface area contributed by atoms with Crippen molar-refractivity contribution in [2.45, 2.75) is 50.9 Å². The second-order valence-electron chi connectivity index (χ2n) is 6.81. The molecular weight excluding hydrogens is 356 g/mol. The summed E-state index contributed by atoms with van der Waals surface area (Å²) in [5, 5.41) is 0.666. The third kappa shape index (κ3) is 4.44. The van der Waals surface area contributed by atoms with E-state index >= 15 is 0 Å². The van der Waals surface area contributed by atoms with E-state index in [-0.39, 0.29) is 28.7 Å². The standard InChI is InChI=1S/C18H24N2O3S2/c1-3-4-5-17(21)19-18-20(10-14-8-6-13(2)7-9-14)15-11-25(22,23)12-16(15)24-18/h6-9,15-16H,3-5,10-12H2,1-2H3/t15-,16-/m0/s1. The molecule has 0 unspecified atom stereocenters. The van der Waals surface area contributed by atoms with Crippen LogP contribution >= 0.6 is 11.8 Å². The van der Waals surface area contributed by atoms with Crippen molar-refractivity contribution in [3.8, 4) is 0 Å². The first-order valence-electron chi connectivity index (χ1n) is 8.69. The van der Waals surface area contributed by atoms with E-state index in [1.165, 1.54) is 17.3 Å². The van der Waals surface area contributed by atoms with Crippen LogP contribution in [0.1, 0.15) is 37.3 Å². The molecule has 0 N–H and O–H groups in total.